The fraction of sp³-hybridized carbons (Fsp3) is 0.111. The summed E-state index contributed by atoms with van der Waals surface area (Å²) in [4.78, 5) is 24.5. The van der Waals surface area contributed by atoms with Gasteiger partial charge in [0.05, 0.1) is 5.02 Å². The average Bonchev–Trinajstić information content (AvgIpc) is 3.02. The quantitative estimate of drug-likeness (QED) is 0.491. The minimum absolute atomic E-state index is 0.0528. The lowest BCUT2D eigenvalue weighted by Gasteiger charge is -2.02. The van der Waals surface area contributed by atoms with E-state index in [0.29, 0.717) is 21.2 Å². The van der Waals surface area contributed by atoms with Gasteiger partial charge in [0.25, 0.3) is 6.33 Å². The van der Waals surface area contributed by atoms with Crippen LogP contribution in [0.1, 0.15) is 20.7 Å². The summed E-state index contributed by atoms with van der Waals surface area (Å²) in [6.45, 7) is 0.174. The highest BCUT2D eigenvalue weighted by atomic mass is 35.5. The van der Waals surface area contributed by atoms with Gasteiger partial charge in [-0.15, -0.1) is 4.68 Å². The summed E-state index contributed by atoms with van der Waals surface area (Å²) in [6, 6.07) is 13.7. The van der Waals surface area contributed by atoms with E-state index in [1.54, 1.807) is 35.2 Å². The van der Waals surface area contributed by atoms with Crippen molar-refractivity contribution in [2.45, 2.75) is 13.1 Å². The molecule has 0 atom stereocenters. The van der Waals surface area contributed by atoms with Crippen LogP contribution in [-0.4, -0.2) is 21.3 Å². The molecule has 3 aromatic rings. The second-order valence-electron chi connectivity index (χ2n) is 5.45. The Morgan fingerprint density at radius 2 is 1.80 bits per heavy atom. The number of aromatic nitrogens is 3. The molecule has 126 valence electrons. The van der Waals surface area contributed by atoms with Crippen LogP contribution >= 0.6 is 23.2 Å². The van der Waals surface area contributed by atoms with Gasteiger partial charge in [-0.2, -0.15) is 0 Å². The fourth-order valence-corrected chi connectivity index (χ4v) is 2.87. The van der Waals surface area contributed by atoms with E-state index in [0.717, 1.165) is 0 Å². The molecular formula is C18H14Cl2N3O2+. The number of carbonyl (C=O) groups is 2. The minimum atomic E-state index is -0.166. The number of Topliss-reactive ketones (excluding diaryl/α,β-unsaturated/α-hetero) is 2. The first-order chi connectivity index (χ1) is 12.0. The summed E-state index contributed by atoms with van der Waals surface area (Å²) in [5.41, 5.74) is 1.01. The normalized spacial score (nSPS) is 10.6. The number of nitrogens with zero attached hydrogens (tertiary/aromatic N) is 3. The van der Waals surface area contributed by atoms with Crippen molar-refractivity contribution in [3.8, 4) is 0 Å². The smallest absolute Gasteiger partial charge is 0.265 e. The molecule has 0 unspecified atom stereocenters. The van der Waals surface area contributed by atoms with Crippen LogP contribution < -0.4 is 4.57 Å². The van der Waals surface area contributed by atoms with Crippen LogP contribution in [-0.2, 0) is 13.1 Å². The number of halogens is 2. The molecule has 0 aliphatic rings. The number of hydrogen-bond acceptors (Lipinski definition) is 3. The van der Waals surface area contributed by atoms with E-state index in [9.17, 15) is 9.59 Å². The molecular weight excluding hydrogens is 361 g/mol. The predicted molar refractivity (Wildman–Crippen MR) is 94.0 cm³/mol. The van der Waals surface area contributed by atoms with Crippen molar-refractivity contribution in [1.82, 2.24) is 9.78 Å². The Kier molecular flexibility index (Phi) is 5.26. The standard InChI is InChI=1S/C18H14Cl2N3O2/c19-14-6-7-15(16(20)8-14)18(25)9-22-11-21-23(12-22)10-17(24)13-4-2-1-3-5-13/h1-8,11-12H,9-10H2/q+1. The largest absolute Gasteiger partial charge is 0.290 e. The van der Waals surface area contributed by atoms with Gasteiger partial charge in [0, 0.05) is 21.2 Å². The van der Waals surface area contributed by atoms with Gasteiger partial charge in [-0.25, -0.2) is 4.57 Å². The Balaban J connectivity index is 1.67. The number of carbonyl (C=O) groups excluding carboxylic acids is 2. The molecule has 0 saturated carbocycles. The maximum Gasteiger partial charge on any atom is 0.265 e. The van der Waals surface area contributed by atoms with Crippen LogP contribution in [0.3, 0.4) is 0 Å². The first kappa shape index (κ1) is 17.3. The average molecular weight is 375 g/mol. The second-order valence-corrected chi connectivity index (χ2v) is 6.30. The summed E-state index contributed by atoms with van der Waals surface area (Å²) in [5, 5.41) is 4.90. The van der Waals surface area contributed by atoms with Crippen LogP contribution in [0.15, 0.2) is 61.2 Å². The number of hydrogen-bond donors (Lipinski definition) is 0. The zero-order valence-corrected chi connectivity index (χ0v) is 14.6. The van der Waals surface area contributed by atoms with Crippen molar-refractivity contribution in [1.29, 1.82) is 0 Å². The highest BCUT2D eigenvalue weighted by molar-refractivity contribution is 6.36. The number of benzene rings is 2. The van der Waals surface area contributed by atoms with E-state index in [4.69, 9.17) is 23.2 Å². The second kappa shape index (κ2) is 7.59. The Bertz CT molecular complexity index is 923. The maximum absolute atomic E-state index is 12.3. The van der Waals surface area contributed by atoms with Crippen LogP contribution in [0.5, 0.6) is 0 Å². The van der Waals surface area contributed by atoms with Crippen molar-refractivity contribution in [2.24, 2.45) is 0 Å². The Hall–Kier alpha value is -2.50. The third kappa shape index (κ3) is 4.32. The molecule has 0 spiro atoms. The van der Waals surface area contributed by atoms with Crippen molar-refractivity contribution >= 4 is 34.8 Å². The van der Waals surface area contributed by atoms with Gasteiger partial charge in [-0.05, 0) is 18.2 Å². The van der Waals surface area contributed by atoms with Crippen molar-refractivity contribution in [3.05, 3.63) is 82.4 Å². The topological polar surface area (TPSA) is 55.8 Å². The van der Waals surface area contributed by atoms with E-state index < -0.39 is 0 Å². The van der Waals surface area contributed by atoms with E-state index in [-0.39, 0.29) is 24.7 Å². The van der Waals surface area contributed by atoms with Gasteiger partial charge in [0.1, 0.15) is 6.54 Å². The summed E-state index contributed by atoms with van der Waals surface area (Å²) in [6.07, 6.45) is 3.11. The first-order valence-corrected chi connectivity index (χ1v) is 8.26. The predicted octanol–water partition coefficient (Wildman–Crippen LogP) is 3.24. The summed E-state index contributed by atoms with van der Waals surface area (Å²) >= 11 is 11.9. The molecule has 0 amide bonds. The molecule has 1 aromatic heterocycles. The maximum atomic E-state index is 12.3. The van der Waals surface area contributed by atoms with E-state index in [1.807, 2.05) is 18.2 Å². The van der Waals surface area contributed by atoms with Crippen LogP contribution in [0, 0.1) is 0 Å². The molecule has 0 bridgehead atoms. The van der Waals surface area contributed by atoms with Crippen LogP contribution in [0.2, 0.25) is 10.0 Å². The Morgan fingerprint density at radius 3 is 2.52 bits per heavy atom. The molecule has 7 heteroatoms. The van der Waals surface area contributed by atoms with Gasteiger partial charge >= 0.3 is 0 Å². The molecule has 2 aromatic carbocycles. The molecule has 0 radical (unpaired) electrons. The first-order valence-electron chi connectivity index (χ1n) is 7.51. The highest BCUT2D eigenvalue weighted by Gasteiger charge is 2.17. The molecule has 0 saturated heterocycles. The van der Waals surface area contributed by atoms with Gasteiger partial charge < -0.3 is 0 Å². The zero-order chi connectivity index (χ0) is 17.8. The lowest BCUT2D eigenvalue weighted by molar-refractivity contribution is -0.683. The van der Waals surface area contributed by atoms with Crippen molar-refractivity contribution < 1.29 is 14.2 Å². The minimum Gasteiger partial charge on any atom is -0.290 e. The highest BCUT2D eigenvalue weighted by Crippen LogP contribution is 2.21. The van der Waals surface area contributed by atoms with E-state index >= 15 is 0 Å². The molecule has 0 aliphatic carbocycles. The van der Waals surface area contributed by atoms with E-state index in [2.05, 4.69) is 5.10 Å². The molecule has 3 rings (SSSR count). The third-order valence-electron chi connectivity index (χ3n) is 3.59. The summed E-state index contributed by atoms with van der Waals surface area (Å²) in [5.74, 6) is -0.219. The lowest BCUT2D eigenvalue weighted by atomic mass is 10.1. The van der Waals surface area contributed by atoms with Gasteiger partial charge in [0.15, 0.2) is 18.1 Å². The van der Waals surface area contributed by atoms with Crippen LogP contribution in [0.4, 0.5) is 0 Å². The SMILES string of the molecule is O=C(Cn1c[n+](CC(=O)c2ccc(Cl)cc2Cl)cn1)c1ccccc1. The molecule has 0 fully saturated rings. The van der Waals surface area contributed by atoms with E-state index in [1.165, 1.54) is 17.1 Å². The van der Waals surface area contributed by atoms with Crippen molar-refractivity contribution in [2.75, 3.05) is 0 Å². The van der Waals surface area contributed by atoms with Gasteiger partial charge in [0.2, 0.25) is 6.33 Å². The zero-order valence-electron chi connectivity index (χ0n) is 13.1. The lowest BCUT2D eigenvalue weighted by Crippen LogP contribution is -2.36. The van der Waals surface area contributed by atoms with Gasteiger partial charge in [-0.3, -0.25) is 9.59 Å². The molecule has 1 heterocycles. The molecule has 25 heavy (non-hydrogen) atoms. The van der Waals surface area contributed by atoms with Crippen molar-refractivity contribution in [3.63, 3.8) is 0 Å². The Morgan fingerprint density at radius 1 is 1.04 bits per heavy atom. The fourth-order valence-electron chi connectivity index (χ4n) is 2.36. The van der Waals surface area contributed by atoms with Gasteiger partial charge in [-0.1, -0.05) is 53.5 Å². The summed E-state index contributed by atoms with van der Waals surface area (Å²) in [7, 11) is 0. The number of rotatable bonds is 6. The number of ketones is 2. The molecule has 5 nitrogen and oxygen atoms in total. The monoisotopic (exact) mass is 374 g/mol. The summed E-state index contributed by atoms with van der Waals surface area (Å²) < 4.78 is 3.09. The third-order valence-corrected chi connectivity index (χ3v) is 4.14. The molecule has 0 N–H and O–H groups in total. The Labute approximate surface area is 154 Å². The van der Waals surface area contributed by atoms with Crippen LogP contribution in [0.25, 0.3) is 0 Å². The molecule has 0 aliphatic heterocycles.